The molecule has 1 aromatic heterocycles. The molecule has 0 bridgehead atoms. The van der Waals surface area contributed by atoms with Gasteiger partial charge in [-0.25, -0.2) is 0 Å². The van der Waals surface area contributed by atoms with Crippen molar-refractivity contribution in [1.29, 1.82) is 0 Å². The molecule has 15 heavy (non-hydrogen) atoms. The van der Waals surface area contributed by atoms with E-state index >= 15 is 0 Å². The number of nitrogens with one attached hydrogen (secondary N) is 1. The summed E-state index contributed by atoms with van der Waals surface area (Å²) in [6.45, 7) is 5.28. The van der Waals surface area contributed by atoms with Crippen LogP contribution < -0.4 is 5.32 Å². The van der Waals surface area contributed by atoms with Crippen LogP contribution in [0.5, 0.6) is 0 Å². The van der Waals surface area contributed by atoms with Crippen molar-refractivity contribution in [3.63, 3.8) is 0 Å². The van der Waals surface area contributed by atoms with Crippen LogP contribution >= 0.6 is 0 Å². The lowest BCUT2D eigenvalue weighted by atomic mass is 9.64. The minimum atomic E-state index is 0.224. The summed E-state index contributed by atoms with van der Waals surface area (Å²) >= 11 is 0. The van der Waals surface area contributed by atoms with E-state index in [1.165, 1.54) is 0 Å². The third-order valence-electron chi connectivity index (χ3n) is 3.57. The maximum atomic E-state index is 5.41. The van der Waals surface area contributed by atoms with Crippen molar-refractivity contribution in [2.75, 3.05) is 7.11 Å². The molecule has 0 radical (unpaired) electrons. The number of methoxy groups -OCH3 is 1. The first-order valence-corrected chi connectivity index (χ1v) is 5.43. The van der Waals surface area contributed by atoms with Crippen molar-refractivity contribution in [1.82, 2.24) is 5.32 Å². The molecular weight excluding hydrogens is 190 g/mol. The van der Waals surface area contributed by atoms with Crippen molar-refractivity contribution in [2.45, 2.75) is 39.0 Å². The van der Waals surface area contributed by atoms with E-state index in [9.17, 15) is 0 Å². The highest BCUT2D eigenvalue weighted by Gasteiger charge is 2.48. The van der Waals surface area contributed by atoms with E-state index in [2.05, 4.69) is 19.2 Å². The Hall–Kier alpha value is -0.800. The number of ether oxygens (including phenoxy) is 1. The van der Waals surface area contributed by atoms with E-state index in [1.54, 1.807) is 13.4 Å². The summed E-state index contributed by atoms with van der Waals surface area (Å²) in [4.78, 5) is 0. The molecule has 0 aliphatic heterocycles. The Morgan fingerprint density at radius 3 is 2.93 bits per heavy atom. The normalized spacial score (nSPS) is 28.7. The van der Waals surface area contributed by atoms with Crippen LogP contribution in [0.1, 0.15) is 26.0 Å². The lowest BCUT2D eigenvalue weighted by molar-refractivity contribution is -0.0982. The van der Waals surface area contributed by atoms with Crippen molar-refractivity contribution in [3.8, 4) is 0 Å². The van der Waals surface area contributed by atoms with Crippen molar-refractivity contribution < 1.29 is 9.15 Å². The Balaban J connectivity index is 1.83. The molecule has 3 heteroatoms. The van der Waals surface area contributed by atoms with Crippen LogP contribution in [0, 0.1) is 5.41 Å². The van der Waals surface area contributed by atoms with Gasteiger partial charge in [0.25, 0.3) is 0 Å². The quantitative estimate of drug-likeness (QED) is 0.825. The molecule has 1 aliphatic rings. The average molecular weight is 209 g/mol. The molecule has 0 amide bonds. The molecule has 2 atom stereocenters. The van der Waals surface area contributed by atoms with Crippen molar-refractivity contribution in [2.24, 2.45) is 5.41 Å². The van der Waals surface area contributed by atoms with E-state index in [0.717, 1.165) is 18.7 Å². The second-order valence-electron chi connectivity index (χ2n) is 4.79. The van der Waals surface area contributed by atoms with Crippen LogP contribution in [-0.4, -0.2) is 19.3 Å². The standard InChI is InChI=1S/C12H19NO2/c1-12(2)10(7-11(12)14-3)13-8-9-5-4-6-15-9/h4-6,10-11,13H,7-8H2,1-3H3. The largest absolute Gasteiger partial charge is 0.468 e. The van der Waals surface area contributed by atoms with Gasteiger partial charge in [0.2, 0.25) is 0 Å². The van der Waals surface area contributed by atoms with E-state index in [4.69, 9.17) is 9.15 Å². The zero-order chi connectivity index (χ0) is 10.9. The van der Waals surface area contributed by atoms with Gasteiger partial charge in [-0.05, 0) is 18.6 Å². The topological polar surface area (TPSA) is 34.4 Å². The first kappa shape index (κ1) is 10.7. The Bertz CT molecular complexity index is 305. The van der Waals surface area contributed by atoms with Crippen molar-refractivity contribution in [3.05, 3.63) is 24.2 Å². The Morgan fingerprint density at radius 2 is 2.40 bits per heavy atom. The predicted molar refractivity (Wildman–Crippen MR) is 58.5 cm³/mol. The second kappa shape index (κ2) is 3.99. The Morgan fingerprint density at radius 1 is 1.60 bits per heavy atom. The highest BCUT2D eigenvalue weighted by molar-refractivity contribution is 5.04. The third-order valence-corrected chi connectivity index (χ3v) is 3.57. The van der Waals surface area contributed by atoms with Crippen molar-refractivity contribution >= 4 is 0 Å². The monoisotopic (exact) mass is 209 g/mol. The van der Waals surface area contributed by atoms with Gasteiger partial charge in [-0.15, -0.1) is 0 Å². The zero-order valence-electron chi connectivity index (χ0n) is 9.62. The smallest absolute Gasteiger partial charge is 0.117 e. The van der Waals surface area contributed by atoms with Crippen LogP contribution in [0.2, 0.25) is 0 Å². The van der Waals surface area contributed by atoms with Crippen LogP contribution in [0.25, 0.3) is 0 Å². The molecule has 84 valence electrons. The molecule has 1 aromatic rings. The molecule has 2 rings (SSSR count). The van der Waals surface area contributed by atoms with Gasteiger partial charge in [0.05, 0.1) is 18.9 Å². The fraction of sp³-hybridized carbons (Fsp3) is 0.667. The summed E-state index contributed by atoms with van der Waals surface area (Å²) in [5.41, 5.74) is 0.224. The predicted octanol–water partition coefficient (Wildman–Crippen LogP) is 2.18. The van der Waals surface area contributed by atoms with Gasteiger partial charge < -0.3 is 14.5 Å². The molecule has 0 saturated heterocycles. The van der Waals surface area contributed by atoms with Crippen LogP contribution in [0.3, 0.4) is 0 Å². The van der Waals surface area contributed by atoms with Gasteiger partial charge in [0.15, 0.2) is 0 Å². The summed E-state index contributed by atoms with van der Waals surface area (Å²) in [5, 5.41) is 3.50. The first-order chi connectivity index (χ1) is 7.14. The van der Waals surface area contributed by atoms with Gasteiger partial charge in [0, 0.05) is 18.6 Å². The first-order valence-electron chi connectivity index (χ1n) is 5.43. The van der Waals surface area contributed by atoms with Gasteiger partial charge in [-0.1, -0.05) is 13.8 Å². The fourth-order valence-electron chi connectivity index (χ4n) is 2.27. The van der Waals surface area contributed by atoms with Gasteiger partial charge in [-0.2, -0.15) is 0 Å². The number of rotatable bonds is 4. The van der Waals surface area contributed by atoms with E-state index in [-0.39, 0.29) is 5.41 Å². The molecular formula is C12H19NO2. The minimum Gasteiger partial charge on any atom is -0.468 e. The zero-order valence-corrected chi connectivity index (χ0v) is 9.62. The summed E-state index contributed by atoms with van der Waals surface area (Å²) in [5.74, 6) is 0.992. The number of hydrogen-bond donors (Lipinski definition) is 1. The molecule has 1 fully saturated rings. The molecule has 1 saturated carbocycles. The van der Waals surface area contributed by atoms with Crippen LogP contribution in [0.15, 0.2) is 22.8 Å². The number of furan rings is 1. The molecule has 1 heterocycles. The maximum absolute atomic E-state index is 5.41. The van der Waals surface area contributed by atoms with Gasteiger partial charge in [-0.3, -0.25) is 0 Å². The SMILES string of the molecule is COC1CC(NCc2ccco2)C1(C)C. The summed E-state index contributed by atoms with van der Waals surface area (Å²) in [7, 11) is 1.79. The summed E-state index contributed by atoms with van der Waals surface area (Å²) in [6.07, 6.45) is 3.18. The fourth-order valence-corrected chi connectivity index (χ4v) is 2.27. The average Bonchev–Trinajstić information content (AvgIpc) is 2.69. The summed E-state index contributed by atoms with van der Waals surface area (Å²) < 4.78 is 10.7. The lowest BCUT2D eigenvalue weighted by Gasteiger charge is -2.51. The van der Waals surface area contributed by atoms with Gasteiger partial charge >= 0.3 is 0 Å². The molecule has 3 nitrogen and oxygen atoms in total. The van der Waals surface area contributed by atoms with Crippen LogP contribution in [-0.2, 0) is 11.3 Å². The van der Waals surface area contributed by atoms with E-state index in [1.807, 2.05) is 12.1 Å². The number of hydrogen-bond acceptors (Lipinski definition) is 3. The van der Waals surface area contributed by atoms with Crippen LogP contribution in [0.4, 0.5) is 0 Å². The van der Waals surface area contributed by atoms with E-state index < -0.39 is 0 Å². The molecule has 2 unspecified atom stereocenters. The lowest BCUT2D eigenvalue weighted by Crippen LogP contribution is -2.60. The summed E-state index contributed by atoms with van der Waals surface area (Å²) in [6, 6.07) is 4.43. The second-order valence-corrected chi connectivity index (χ2v) is 4.79. The molecule has 0 spiro atoms. The Kier molecular flexibility index (Phi) is 2.85. The van der Waals surface area contributed by atoms with Gasteiger partial charge in [0.1, 0.15) is 5.76 Å². The molecule has 1 N–H and O–H groups in total. The Labute approximate surface area is 90.8 Å². The van der Waals surface area contributed by atoms with E-state index in [0.29, 0.717) is 12.1 Å². The molecule has 1 aliphatic carbocycles. The third kappa shape index (κ3) is 1.94. The maximum Gasteiger partial charge on any atom is 0.117 e. The minimum absolute atomic E-state index is 0.224. The molecule has 0 aromatic carbocycles. The highest BCUT2D eigenvalue weighted by Crippen LogP contribution is 2.42. The highest BCUT2D eigenvalue weighted by atomic mass is 16.5.